The summed E-state index contributed by atoms with van der Waals surface area (Å²) in [5.74, 6) is -0.792. The van der Waals surface area contributed by atoms with Crippen molar-refractivity contribution < 1.29 is 19.2 Å². The minimum absolute atomic E-state index is 0.154. The molecule has 2 aliphatic rings. The average Bonchev–Trinajstić information content (AvgIpc) is 3.07. The van der Waals surface area contributed by atoms with E-state index in [1.165, 1.54) is 11.3 Å². The number of hydrogen-bond donors (Lipinski definition) is 2. The zero-order valence-corrected chi connectivity index (χ0v) is 15.1. The highest BCUT2D eigenvalue weighted by Gasteiger charge is 2.32. The van der Waals surface area contributed by atoms with E-state index in [0.717, 1.165) is 34.6 Å². The third kappa shape index (κ3) is 3.44. The van der Waals surface area contributed by atoms with Crippen molar-refractivity contribution in [2.24, 2.45) is 5.92 Å². The van der Waals surface area contributed by atoms with E-state index < -0.39 is 5.91 Å². The van der Waals surface area contributed by atoms with Crippen LogP contribution in [0.25, 0.3) is 0 Å². The second-order valence-electron chi connectivity index (χ2n) is 6.56. The van der Waals surface area contributed by atoms with E-state index >= 15 is 0 Å². The number of amides is 4. The number of hydrogen-bond acceptors (Lipinski definition) is 5. The Hall–Kier alpha value is -2.22. The summed E-state index contributed by atoms with van der Waals surface area (Å²) in [4.78, 5) is 50.0. The molecule has 4 amide bonds. The first-order valence-corrected chi connectivity index (χ1v) is 9.22. The number of thiophene rings is 1. The van der Waals surface area contributed by atoms with Crippen LogP contribution in [0.3, 0.4) is 0 Å². The lowest BCUT2D eigenvalue weighted by Gasteiger charge is -2.18. The van der Waals surface area contributed by atoms with Crippen LogP contribution in [-0.2, 0) is 27.2 Å². The lowest BCUT2D eigenvalue weighted by atomic mass is 9.88. The Morgan fingerprint density at radius 3 is 2.52 bits per heavy atom. The summed E-state index contributed by atoms with van der Waals surface area (Å²) < 4.78 is 0. The maximum Gasteiger partial charge on any atom is 0.254 e. The fourth-order valence-corrected chi connectivity index (χ4v) is 4.74. The molecular formula is C17H21N3O4S. The van der Waals surface area contributed by atoms with Gasteiger partial charge in [-0.3, -0.25) is 24.1 Å². The smallest absolute Gasteiger partial charge is 0.254 e. The molecule has 0 saturated carbocycles. The summed E-state index contributed by atoms with van der Waals surface area (Å²) in [5, 5.41) is 5.87. The van der Waals surface area contributed by atoms with E-state index in [1.807, 2.05) is 0 Å². The number of fused-ring (bicyclic) bond motifs is 1. The fraction of sp³-hybridized carbons (Fsp3) is 0.529. The number of likely N-dealkylation sites (tertiary alicyclic amines) is 1. The molecule has 134 valence electrons. The second kappa shape index (κ2) is 6.95. The average molecular weight is 363 g/mol. The van der Waals surface area contributed by atoms with E-state index in [2.05, 4.69) is 17.6 Å². The van der Waals surface area contributed by atoms with Gasteiger partial charge in [-0.05, 0) is 30.7 Å². The van der Waals surface area contributed by atoms with Crippen molar-refractivity contribution in [3.8, 4) is 0 Å². The number of carbonyl (C=O) groups is 4. The van der Waals surface area contributed by atoms with Gasteiger partial charge >= 0.3 is 0 Å². The van der Waals surface area contributed by atoms with Gasteiger partial charge in [0.25, 0.3) is 5.91 Å². The first-order chi connectivity index (χ1) is 11.9. The summed E-state index contributed by atoms with van der Waals surface area (Å²) >= 11 is 1.42. The van der Waals surface area contributed by atoms with E-state index in [1.54, 1.807) is 7.05 Å². The molecule has 0 bridgehead atoms. The molecule has 2 N–H and O–H groups in total. The molecule has 1 saturated heterocycles. The maximum atomic E-state index is 12.3. The second-order valence-corrected chi connectivity index (χ2v) is 7.66. The van der Waals surface area contributed by atoms with Crippen LogP contribution in [0.1, 0.15) is 47.0 Å². The molecule has 1 aliphatic heterocycles. The monoisotopic (exact) mass is 363 g/mol. The molecule has 1 aromatic rings. The summed E-state index contributed by atoms with van der Waals surface area (Å²) in [7, 11) is 1.56. The van der Waals surface area contributed by atoms with Gasteiger partial charge in [0, 0.05) is 24.8 Å². The van der Waals surface area contributed by atoms with Crippen LogP contribution >= 0.6 is 11.3 Å². The summed E-state index contributed by atoms with van der Waals surface area (Å²) in [6, 6.07) is 0. The third-order valence-electron chi connectivity index (χ3n) is 4.68. The first kappa shape index (κ1) is 17.6. The van der Waals surface area contributed by atoms with Gasteiger partial charge in [-0.1, -0.05) is 6.92 Å². The van der Waals surface area contributed by atoms with Crippen LogP contribution in [0.15, 0.2) is 0 Å². The van der Waals surface area contributed by atoms with Gasteiger partial charge in [-0.15, -0.1) is 11.3 Å². The number of rotatable bonds is 4. The molecule has 0 spiro atoms. The highest BCUT2D eigenvalue weighted by atomic mass is 32.1. The van der Waals surface area contributed by atoms with Crippen molar-refractivity contribution in [3.05, 3.63) is 16.0 Å². The number of imide groups is 1. The molecule has 8 heteroatoms. The van der Waals surface area contributed by atoms with Gasteiger partial charge in [0.15, 0.2) is 0 Å². The molecule has 1 atom stereocenters. The van der Waals surface area contributed by atoms with Crippen LogP contribution in [0, 0.1) is 5.92 Å². The molecular weight excluding hydrogens is 342 g/mol. The Morgan fingerprint density at radius 2 is 1.88 bits per heavy atom. The minimum atomic E-state index is -0.458. The normalized spacial score (nSPS) is 19.8. The Morgan fingerprint density at radius 1 is 1.20 bits per heavy atom. The number of carbonyl (C=O) groups excluding carboxylic acids is 4. The molecule has 0 radical (unpaired) electrons. The van der Waals surface area contributed by atoms with Gasteiger partial charge in [0.2, 0.25) is 17.7 Å². The van der Waals surface area contributed by atoms with Gasteiger partial charge in [0.1, 0.15) is 11.5 Å². The molecule has 3 rings (SSSR count). The molecule has 7 nitrogen and oxygen atoms in total. The number of anilines is 1. The van der Waals surface area contributed by atoms with Crippen LogP contribution in [-0.4, -0.2) is 42.1 Å². The largest absolute Gasteiger partial charge is 0.355 e. The van der Waals surface area contributed by atoms with Crippen molar-refractivity contribution in [2.45, 2.75) is 39.0 Å². The summed E-state index contributed by atoms with van der Waals surface area (Å²) in [6.45, 7) is 1.87. The van der Waals surface area contributed by atoms with Gasteiger partial charge in [0.05, 0.1) is 5.56 Å². The first-order valence-electron chi connectivity index (χ1n) is 8.40. The standard InChI is InChI=1S/C17H21N3O4S/c1-9-3-4-10-11(7-9)25-17(15(10)16(24)18-2)19-12(21)8-20-13(22)5-6-14(20)23/h9H,3-8H2,1-2H3,(H,18,24)(H,19,21)/t9-/m1/s1. The lowest BCUT2D eigenvalue weighted by Crippen LogP contribution is -2.37. The SMILES string of the molecule is CNC(=O)c1c(NC(=O)CN2C(=O)CCC2=O)sc2c1CC[C@@H](C)C2. The fourth-order valence-electron chi connectivity index (χ4n) is 3.31. The van der Waals surface area contributed by atoms with Gasteiger partial charge < -0.3 is 10.6 Å². The molecule has 1 aromatic heterocycles. The van der Waals surface area contributed by atoms with E-state index in [0.29, 0.717) is 16.5 Å². The molecule has 25 heavy (non-hydrogen) atoms. The summed E-state index contributed by atoms with van der Waals surface area (Å²) in [6.07, 6.45) is 3.02. The zero-order chi connectivity index (χ0) is 18.1. The van der Waals surface area contributed by atoms with Gasteiger partial charge in [-0.2, -0.15) is 0 Å². The lowest BCUT2D eigenvalue weighted by molar-refractivity contribution is -0.141. The maximum absolute atomic E-state index is 12.3. The van der Waals surface area contributed by atoms with Gasteiger partial charge in [-0.25, -0.2) is 0 Å². The van der Waals surface area contributed by atoms with E-state index in [-0.39, 0.29) is 37.1 Å². The zero-order valence-electron chi connectivity index (χ0n) is 14.3. The third-order valence-corrected chi connectivity index (χ3v) is 5.85. The molecule has 1 aliphatic carbocycles. The Labute approximate surface area is 149 Å². The van der Waals surface area contributed by atoms with Crippen molar-refractivity contribution in [1.82, 2.24) is 10.2 Å². The Kier molecular flexibility index (Phi) is 4.89. The Balaban J connectivity index is 1.82. The van der Waals surface area contributed by atoms with E-state index in [9.17, 15) is 19.2 Å². The number of nitrogens with one attached hydrogen (secondary N) is 2. The molecule has 0 unspecified atom stereocenters. The van der Waals surface area contributed by atoms with E-state index in [4.69, 9.17) is 0 Å². The molecule has 1 fully saturated rings. The molecule has 2 heterocycles. The summed E-state index contributed by atoms with van der Waals surface area (Å²) in [5.41, 5.74) is 1.52. The highest BCUT2D eigenvalue weighted by Crippen LogP contribution is 2.39. The van der Waals surface area contributed by atoms with Crippen molar-refractivity contribution in [2.75, 3.05) is 18.9 Å². The molecule has 0 aromatic carbocycles. The van der Waals surface area contributed by atoms with Crippen LogP contribution in [0.2, 0.25) is 0 Å². The quantitative estimate of drug-likeness (QED) is 0.789. The van der Waals surface area contributed by atoms with Crippen LogP contribution in [0.5, 0.6) is 0 Å². The van der Waals surface area contributed by atoms with Crippen LogP contribution < -0.4 is 10.6 Å². The van der Waals surface area contributed by atoms with Crippen LogP contribution in [0.4, 0.5) is 5.00 Å². The predicted octanol–water partition coefficient (Wildman–Crippen LogP) is 1.32. The highest BCUT2D eigenvalue weighted by molar-refractivity contribution is 7.17. The number of nitrogens with zero attached hydrogens (tertiary/aromatic N) is 1. The Bertz CT molecular complexity index is 739. The topological polar surface area (TPSA) is 95.6 Å². The van der Waals surface area contributed by atoms with Crippen molar-refractivity contribution >= 4 is 40.0 Å². The van der Waals surface area contributed by atoms with Crippen molar-refractivity contribution in [1.29, 1.82) is 0 Å². The minimum Gasteiger partial charge on any atom is -0.355 e. The van der Waals surface area contributed by atoms with Crippen molar-refractivity contribution in [3.63, 3.8) is 0 Å². The predicted molar refractivity (Wildman–Crippen MR) is 93.5 cm³/mol.